The number of carbonyl (C=O) groups excluding carboxylic acids is 4. The molecule has 3 amide bonds. The van der Waals surface area contributed by atoms with Gasteiger partial charge in [-0.2, -0.15) is 0 Å². The summed E-state index contributed by atoms with van der Waals surface area (Å²) >= 11 is 13.3. The minimum Gasteiger partial charge on any atom is -0.454 e. The molecular formula is C20H19Br2ClN2O5. The number of nitrogens with one attached hydrogen (secondary N) is 1. The summed E-state index contributed by atoms with van der Waals surface area (Å²) < 4.78 is 4.99. The Bertz CT molecular complexity index is 910. The molecule has 160 valence electrons. The van der Waals surface area contributed by atoms with Crippen LogP contribution in [0.5, 0.6) is 0 Å². The van der Waals surface area contributed by atoms with Gasteiger partial charge in [-0.3, -0.25) is 24.1 Å². The highest BCUT2D eigenvalue weighted by Crippen LogP contribution is 2.60. The first-order valence-electron chi connectivity index (χ1n) is 9.54. The van der Waals surface area contributed by atoms with Gasteiger partial charge in [0.15, 0.2) is 6.61 Å². The van der Waals surface area contributed by atoms with Crippen LogP contribution in [0.15, 0.2) is 18.2 Å². The summed E-state index contributed by atoms with van der Waals surface area (Å²) in [6, 6.07) is 5.08. The van der Waals surface area contributed by atoms with E-state index in [1.165, 1.54) is 0 Å². The molecule has 10 heteroatoms. The zero-order valence-corrected chi connectivity index (χ0v) is 19.9. The summed E-state index contributed by atoms with van der Waals surface area (Å²) in [7, 11) is 0. The number of esters is 1. The molecule has 2 aliphatic carbocycles. The molecule has 1 aromatic carbocycles. The van der Waals surface area contributed by atoms with Crippen molar-refractivity contribution in [2.45, 2.75) is 23.0 Å². The standard InChI is InChI=1S/C20H19Br2ClN2O5/c1-8-11(23)3-2-4-12(8)24-13(26)7-30-14(27)6-25-19(28)15-9-5-10(16(15)20(25)29)18(22)17(9)21/h2-4,9-10,15-18H,5-7H2,1H3,(H,24,26)/t9-,10-,15-,16+,17+,18+/m1/s1. The number of hydrogen-bond acceptors (Lipinski definition) is 5. The highest BCUT2D eigenvalue weighted by molar-refractivity contribution is 9.12. The molecule has 3 fully saturated rings. The van der Waals surface area contributed by atoms with Crippen molar-refractivity contribution >= 4 is 72.8 Å². The predicted molar refractivity (Wildman–Crippen MR) is 117 cm³/mol. The van der Waals surface area contributed by atoms with Crippen molar-refractivity contribution < 1.29 is 23.9 Å². The van der Waals surface area contributed by atoms with Gasteiger partial charge in [0.1, 0.15) is 6.54 Å². The zero-order valence-electron chi connectivity index (χ0n) is 15.9. The van der Waals surface area contributed by atoms with Gasteiger partial charge >= 0.3 is 5.97 Å². The van der Waals surface area contributed by atoms with Crippen LogP contribution in [0, 0.1) is 30.6 Å². The van der Waals surface area contributed by atoms with Gasteiger partial charge in [-0.1, -0.05) is 49.5 Å². The zero-order chi connectivity index (χ0) is 21.7. The average molecular weight is 563 g/mol. The Morgan fingerprint density at radius 1 is 1.17 bits per heavy atom. The number of fused-ring (bicyclic) bond motifs is 5. The number of likely N-dealkylation sites (tertiary alicyclic amines) is 1. The van der Waals surface area contributed by atoms with E-state index in [2.05, 4.69) is 37.2 Å². The molecule has 2 bridgehead atoms. The summed E-state index contributed by atoms with van der Waals surface area (Å²) in [5, 5.41) is 3.13. The van der Waals surface area contributed by atoms with E-state index in [0.29, 0.717) is 16.3 Å². The molecule has 1 N–H and O–H groups in total. The average Bonchev–Trinajstić information content (AvgIpc) is 3.31. The molecule has 30 heavy (non-hydrogen) atoms. The number of imide groups is 1. The molecule has 4 rings (SSSR count). The number of alkyl halides is 2. The van der Waals surface area contributed by atoms with Crippen LogP contribution in [0.4, 0.5) is 5.69 Å². The van der Waals surface area contributed by atoms with Crippen molar-refractivity contribution in [3.63, 3.8) is 0 Å². The SMILES string of the molecule is Cc1c(Cl)cccc1NC(=O)COC(=O)CN1C(=O)[C@@H]2[C@H]3C[C@@H]([C@H](Br)[C@H]3Br)[C@@H]2C1=O. The maximum atomic E-state index is 12.8. The van der Waals surface area contributed by atoms with Crippen LogP contribution in [0.25, 0.3) is 0 Å². The number of hydrogen-bond donors (Lipinski definition) is 1. The van der Waals surface area contributed by atoms with Gasteiger partial charge in [0, 0.05) is 20.4 Å². The van der Waals surface area contributed by atoms with E-state index in [4.69, 9.17) is 16.3 Å². The number of nitrogens with zero attached hydrogens (tertiary/aromatic N) is 1. The fourth-order valence-corrected chi connectivity index (χ4v) is 6.86. The smallest absolute Gasteiger partial charge is 0.326 e. The third kappa shape index (κ3) is 3.58. The minimum absolute atomic E-state index is 0.0774. The third-order valence-electron chi connectivity index (χ3n) is 6.27. The highest BCUT2D eigenvalue weighted by Gasteiger charge is 2.66. The monoisotopic (exact) mass is 560 g/mol. The number of carbonyl (C=O) groups is 4. The highest BCUT2D eigenvalue weighted by atomic mass is 79.9. The second kappa shape index (κ2) is 8.24. The second-order valence-electron chi connectivity index (χ2n) is 7.89. The lowest BCUT2D eigenvalue weighted by atomic mass is 9.81. The van der Waals surface area contributed by atoms with Gasteiger partial charge in [-0.25, -0.2) is 0 Å². The van der Waals surface area contributed by atoms with Gasteiger partial charge < -0.3 is 10.1 Å². The molecule has 1 aliphatic heterocycles. The van der Waals surface area contributed by atoms with Crippen molar-refractivity contribution in [3.05, 3.63) is 28.8 Å². The van der Waals surface area contributed by atoms with Gasteiger partial charge in [-0.05, 0) is 42.9 Å². The van der Waals surface area contributed by atoms with Crippen molar-refractivity contribution in [1.29, 1.82) is 0 Å². The number of halogens is 3. The summed E-state index contributed by atoms with van der Waals surface area (Å²) in [5.74, 6) is -2.60. The molecular weight excluding hydrogens is 543 g/mol. The third-order valence-corrected chi connectivity index (χ3v) is 9.89. The number of ether oxygens (including phenoxy) is 1. The van der Waals surface area contributed by atoms with Crippen molar-refractivity contribution in [1.82, 2.24) is 4.90 Å². The number of benzene rings is 1. The minimum atomic E-state index is -0.798. The normalized spacial score (nSPS) is 31.8. The molecule has 1 saturated heterocycles. The van der Waals surface area contributed by atoms with Crippen molar-refractivity contribution in [2.24, 2.45) is 23.7 Å². The van der Waals surface area contributed by atoms with Crippen LogP contribution in [0.2, 0.25) is 5.02 Å². The van der Waals surface area contributed by atoms with E-state index in [1.807, 2.05) is 0 Å². The summed E-state index contributed by atoms with van der Waals surface area (Å²) in [5.41, 5.74) is 1.22. The van der Waals surface area contributed by atoms with Crippen LogP contribution in [0.3, 0.4) is 0 Å². The fraction of sp³-hybridized carbons (Fsp3) is 0.500. The predicted octanol–water partition coefficient (Wildman–Crippen LogP) is 2.91. The Hall–Kier alpha value is -1.45. The van der Waals surface area contributed by atoms with Crippen LogP contribution < -0.4 is 5.32 Å². The molecule has 0 spiro atoms. The molecule has 0 unspecified atom stereocenters. The number of amides is 3. The van der Waals surface area contributed by atoms with Crippen molar-refractivity contribution in [3.8, 4) is 0 Å². The Morgan fingerprint density at radius 2 is 1.77 bits per heavy atom. The first-order valence-corrected chi connectivity index (χ1v) is 11.8. The van der Waals surface area contributed by atoms with E-state index in [-0.39, 0.29) is 45.1 Å². The molecule has 3 aliphatic rings. The van der Waals surface area contributed by atoms with Crippen LogP contribution >= 0.6 is 43.5 Å². The first-order chi connectivity index (χ1) is 14.2. The number of anilines is 1. The Balaban J connectivity index is 1.33. The van der Waals surface area contributed by atoms with Gasteiger partial charge in [-0.15, -0.1) is 0 Å². The number of rotatable bonds is 5. The summed E-state index contributed by atoms with van der Waals surface area (Å²) in [4.78, 5) is 51.1. The van der Waals surface area contributed by atoms with Gasteiger partial charge in [0.2, 0.25) is 11.8 Å². The second-order valence-corrected chi connectivity index (χ2v) is 10.4. The van der Waals surface area contributed by atoms with Crippen molar-refractivity contribution in [2.75, 3.05) is 18.5 Å². The fourth-order valence-electron chi connectivity index (χ4n) is 4.82. The van der Waals surface area contributed by atoms with Crippen LogP contribution in [-0.4, -0.2) is 51.4 Å². The van der Waals surface area contributed by atoms with Gasteiger partial charge in [0.25, 0.3) is 5.91 Å². The Morgan fingerprint density at radius 3 is 2.37 bits per heavy atom. The maximum Gasteiger partial charge on any atom is 0.326 e. The topological polar surface area (TPSA) is 92.8 Å². The van der Waals surface area contributed by atoms with Crippen LogP contribution in [0.1, 0.15) is 12.0 Å². The van der Waals surface area contributed by atoms with E-state index in [9.17, 15) is 19.2 Å². The van der Waals surface area contributed by atoms with Crippen LogP contribution in [-0.2, 0) is 23.9 Å². The molecule has 7 nitrogen and oxygen atoms in total. The lowest BCUT2D eigenvalue weighted by Crippen LogP contribution is -2.38. The van der Waals surface area contributed by atoms with E-state index < -0.39 is 25.0 Å². The van der Waals surface area contributed by atoms with E-state index >= 15 is 0 Å². The van der Waals surface area contributed by atoms with Gasteiger partial charge in [0.05, 0.1) is 11.8 Å². The molecule has 1 aromatic rings. The molecule has 1 heterocycles. The molecule has 0 aromatic heterocycles. The first kappa shape index (κ1) is 21.8. The molecule has 6 atom stereocenters. The lowest BCUT2D eigenvalue weighted by Gasteiger charge is -2.28. The molecule has 0 radical (unpaired) electrons. The summed E-state index contributed by atoms with van der Waals surface area (Å²) in [6.07, 6.45) is 0.819. The Labute approximate surface area is 195 Å². The lowest BCUT2D eigenvalue weighted by molar-refractivity contribution is -0.154. The largest absolute Gasteiger partial charge is 0.454 e. The molecule has 2 saturated carbocycles. The van der Waals surface area contributed by atoms with E-state index in [0.717, 1.165) is 11.3 Å². The Kier molecular flexibility index (Phi) is 5.98. The maximum absolute atomic E-state index is 12.8. The van der Waals surface area contributed by atoms with E-state index in [1.54, 1.807) is 25.1 Å². The quantitative estimate of drug-likeness (QED) is 0.339. The summed E-state index contributed by atoms with van der Waals surface area (Å²) in [6.45, 7) is 0.757.